The SMILES string of the molecule is CN1C(=O)S/C(=C\c2cc(Oc3cccc4c3COCC4)c(O)cc2Br)C1=O. The molecular weight excluding hydrogens is 446 g/mol. The number of fused-ring (bicyclic) bond motifs is 1. The molecule has 0 bridgehead atoms. The van der Waals surface area contributed by atoms with Crippen LogP contribution in [-0.4, -0.2) is 34.8 Å². The van der Waals surface area contributed by atoms with E-state index >= 15 is 0 Å². The predicted octanol–water partition coefficient (Wildman–Crippen LogP) is 4.69. The van der Waals surface area contributed by atoms with Crippen LogP contribution in [-0.2, 0) is 22.6 Å². The van der Waals surface area contributed by atoms with Crippen LogP contribution in [0, 0.1) is 0 Å². The van der Waals surface area contributed by atoms with Gasteiger partial charge in [-0.1, -0.05) is 28.1 Å². The summed E-state index contributed by atoms with van der Waals surface area (Å²) in [4.78, 5) is 25.2. The van der Waals surface area contributed by atoms with Gasteiger partial charge in [0.05, 0.1) is 18.1 Å². The fraction of sp³-hybridized carbons (Fsp3) is 0.200. The van der Waals surface area contributed by atoms with Crippen LogP contribution in [0.15, 0.2) is 39.7 Å². The highest BCUT2D eigenvalue weighted by Gasteiger charge is 2.32. The van der Waals surface area contributed by atoms with Crippen molar-refractivity contribution in [3.63, 3.8) is 0 Å². The third-order valence-electron chi connectivity index (χ3n) is 4.56. The largest absolute Gasteiger partial charge is 0.504 e. The van der Waals surface area contributed by atoms with E-state index in [2.05, 4.69) is 15.9 Å². The molecule has 0 unspecified atom stereocenters. The number of phenolic OH excluding ortho intramolecular Hbond substituents is 1. The first-order valence-electron chi connectivity index (χ1n) is 8.54. The highest BCUT2D eigenvalue weighted by atomic mass is 79.9. The molecule has 144 valence electrons. The summed E-state index contributed by atoms with van der Waals surface area (Å²) in [5, 5.41) is 10.0. The maximum absolute atomic E-state index is 12.1. The Balaban J connectivity index is 1.69. The number of nitrogens with zero attached hydrogens (tertiary/aromatic N) is 1. The summed E-state index contributed by atoms with van der Waals surface area (Å²) in [5.74, 6) is 0.479. The Bertz CT molecular complexity index is 1020. The lowest BCUT2D eigenvalue weighted by Crippen LogP contribution is -2.22. The van der Waals surface area contributed by atoms with Crippen molar-refractivity contribution in [2.45, 2.75) is 13.0 Å². The molecule has 2 aliphatic heterocycles. The van der Waals surface area contributed by atoms with Gasteiger partial charge in [-0.15, -0.1) is 0 Å². The van der Waals surface area contributed by atoms with Crippen LogP contribution in [0.2, 0.25) is 0 Å². The molecule has 2 heterocycles. The van der Waals surface area contributed by atoms with Gasteiger partial charge in [-0.3, -0.25) is 14.5 Å². The summed E-state index contributed by atoms with van der Waals surface area (Å²) in [6.45, 7) is 1.13. The third-order valence-corrected chi connectivity index (χ3v) is 6.21. The summed E-state index contributed by atoms with van der Waals surface area (Å²) >= 11 is 4.26. The molecule has 2 aliphatic rings. The molecule has 0 atom stereocenters. The van der Waals surface area contributed by atoms with Gasteiger partial charge in [0.25, 0.3) is 11.1 Å². The lowest BCUT2D eigenvalue weighted by Gasteiger charge is -2.20. The second-order valence-electron chi connectivity index (χ2n) is 6.38. The number of halogens is 1. The molecule has 2 aromatic rings. The molecule has 0 radical (unpaired) electrons. The van der Waals surface area contributed by atoms with Gasteiger partial charge in [-0.25, -0.2) is 0 Å². The molecule has 2 aromatic carbocycles. The first kappa shape index (κ1) is 19.0. The van der Waals surface area contributed by atoms with Gasteiger partial charge in [0.2, 0.25) is 0 Å². The third kappa shape index (κ3) is 3.55. The van der Waals surface area contributed by atoms with Crippen LogP contribution in [0.5, 0.6) is 17.2 Å². The second kappa shape index (κ2) is 7.62. The van der Waals surface area contributed by atoms with Crippen LogP contribution in [0.1, 0.15) is 16.7 Å². The van der Waals surface area contributed by atoms with E-state index in [0.717, 1.165) is 34.2 Å². The van der Waals surface area contributed by atoms with E-state index in [1.165, 1.54) is 13.1 Å². The Morgan fingerprint density at radius 3 is 2.86 bits per heavy atom. The van der Waals surface area contributed by atoms with Gasteiger partial charge in [0, 0.05) is 17.1 Å². The first-order chi connectivity index (χ1) is 13.4. The van der Waals surface area contributed by atoms with E-state index in [1.807, 2.05) is 18.2 Å². The quantitative estimate of drug-likeness (QED) is 0.668. The highest BCUT2D eigenvalue weighted by molar-refractivity contribution is 9.10. The topological polar surface area (TPSA) is 76.1 Å². The maximum Gasteiger partial charge on any atom is 0.293 e. The van der Waals surface area contributed by atoms with E-state index in [0.29, 0.717) is 33.9 Å². The monoisotopic (exact) mass is 461 g/mol. The molecule has 0 aromatic heterocycles. The van der Waals surface area contributed by atoms with E-state index < -0.39 is 0 Å². The van der Waals surface area contributed by atoms with Gasteiger partial charge in [0.15, 0.2) is 11.5 Å². The number of hydrogen-bond acceptors (Lipinski definition) is 6. The maximum atomic E-state index is 12.1. The number of benzene rings is 2. The van der Waals surface area contributed by atoms with Crippen LogP contribution < -0.4 is 4.74 Å². The Kier molecular flexibility index (Phi) is 5.18. The number of amides is 2. The lowest BCUT2D eigenvalue weighted by atomic mass is 10.0. The summed E-state index contributed by atoms with van der Waals surface area (Å²) in [6.07, 6.45) is 2.42. The number of thioether (sulfide) groups is 1. The number of aromatic hydroxyl groups is 1. The molecule has 0 spiro atoms. The van der Waals surface area contributed by atoms with Gasteiger partial charge in [-0.2, -0.15) is 0 Å². The molecule has 0 saturated carbocycles. The lowest BCUT2D eigenvalue weighted by molar-refractivity contribution is -0.121. The number of ether oxygens (including phenoxy) is 2. The minimum atomic E-state index is -0.355. The summed E-state index contributed by atoms with van der Waals surface area (Å²) < 4.78 is 12.1. The molecule has 8 heteroatoms. The van der Waals surface area contributed by atoms with E-state index in [-0.39, 0.29) is 22.6 Å². The van der Waals surface area contributed by atoms with Crippen LogP contribution in [0.4, 0.5) is 4.79 Å². The van der Waals surface area contributed by atoms with E-state index in [9.17, 15) is 14.7 Å². The van der Waals surface area contributed by atoms with Crippen molar-refractivity contribution in [2.24, 2.45) is 0 Å². The van der Waals surface area contributed by atoms with Gasteiger partial charge in [0.1, 0.15) is 5.75 Å². The van der Waals surface area contributed by atoms with Crippen molar-refractivity contribution in [2.75, 3.05) is 13.7 Å². The molecule has 1 saturated heterocycles. The average molecular weight is 462 g/mol. The van der Waals surface area contributed by atoms with Crippen LogP contribution in [0.25, 0.3) is 6.08 Å². The Morgan fingerprint density at radius 2 is 2.11 bits per heavy atom. The zero-order valence-corrected chi connectivity index (χ0v) is 17.3. The van der Waals surface area contributed by atoms with Crippen LogP contribution >= 0.6 is 27.7 Å². The Morgan fingerprint density at radius 1 is 1.29 bits per heavy atom. The minimum Gasteiger partial charge on any atom is -0.504 e. The van der Waals surface area contributed by atoms with Crippen molar-refractivity contribution in [3.05, 3.63) is 56.4 Å². The molecule has 1 fully saturated rings. The van der Waals surface area contributed by atoms with Crippen molar-refractivity contribution in [3.8, 4) is 17.2 Å². The molecule has 4 rings (SSSR count). The number of hydrogen-bond donors (Lipinski definition) is 1. The molecule has 28 heavy (non-hydrogen) atoms. The van der Waals surface area contributed by atoms with Crippen molar-refractivity contribution in [1.29, 1.82) is 0 Å². The molecule has 2 amide bonds. The molecular formula is C20H16BrNO5S. The van der Waals surface area contributed by atoms with Gasteiger partial charge in [-0.05, 0) is 53.6 Å². The normalized spacial score (nSPS) is 17.9. The van der Waals surface area contributed by atoms with Crippen molar-refractivity contribution < 1.29 is 24.2 Å². The Labute approximate surface area is 174 Å². The number of imide groups is 1. The fourth-order valence-corrected chi connectivity index (χ4v) is 4.28. The first-order valence-corrected chi connectivity index (χ1v) is 10.2. The van der Waals surface area contributed by atoms with Crippen LogP contribution in [0.3, 0.4) is 0 Å². The van der Waals surface area contributed by atoms with Gasteiger partial charge >= 0.3 is 0 Å². The van der Waals surface area contributed by atoms with E-state index in [1.54, 1.807) is 12.1 Å². The van der Waals surface area contributed by atoms with Crippen molar-refractivity contribution in [1.82, 2.24) is 4.90 Å². The smallest absolute Gasteiger partial charge is 0.293 e. The number of carbonyl (C=O) groups is 2. The molecule has 0 aliphatic carbocycles. The minimum absolute atomic E-state index is 0.0399. The molecule has 6 nitrogen and oxygen atoms in total. The number of likely N-dealkylation sites (N-methyl/N-ethyl adjacent to an activating group) is 1. The van der Waals surface area contributed by atoms with Crippen molar-refractivity contribution >= 4 is 44.9 Å². The number of rotatable bonds is 3. The zero-order valence-electron chi connectivity index (χ0n) is 14.9. The number of carbonyl (C=O) groups excluding carboxylic acids is 2. The standard InChI is InChI=1S/C20H16BrNO5S/c1-22-19(24)18(28-20(22)25)8-12-7-17(15(23)9-14(12)21)27-16-4-2-3-11-5-6-26-10-13(11)16/h2-4,7-9,23H,5-6,10H2,1H3/b18-8-. The molecule has 1 N–H and O–H groups in total. The Hall–Kier alpha value is -2.29. The summed E-state index contributed by atoms with van der Waals surface area (Å²) in [6, 6.07) is 8.92. The summed E-state index contributed by atoms with van der Waals surface area (Å²) in [7, 11) is 1.44. The van der Waals surface area contributed by atoms with Gasteiger partial charge < -0.3 is 14.6 Å². The highest BCUT2D eigenvalue weighted by Crippen LogP contribution is 2.40. The predicted molar refractivity (Wildman–Crippen MR) is 109 cm³/mol. The zero-order chi connectivity index (χ0) is 19.8. The number of phenols is 1. The summed E-state index contributed by atoms with van der Waals surface area (Å²) in [5.41, 5.74) is 2.75. The van der Waals surface area contributed by atoms with E-state index in [4.69, 9.17) is 9.47 Å². The average Bonchev–Trinajstić information content (AvgIpc) is 2.92. The fourth-order valence-electron chi connectivity index (χ4n) is 3.02. The second-order valence-corrected chi connectivity index (χ2v) is 8.23.